The van der Waals surface area contributed by atoms with E-state index in [1.54, 1.807) is 23.7 Å². The average molecular weight is 302 g/mol. The number of nitrogens with zero attached hydrogens (tertiary/aromatic N) is 1. The normalized spacial score (nSPS) is 15.4. The molecule has 0 fully saturated rings. The summed E-state index contributed by atoms with van der Waals surface area (Å²) in [6.45, 7) is 1.81. The van der Waals surface area contributed by atoms with E-state index in [9.17, 15) is 4.79 Å². The molecule has 1 N–H and O–H groups in total. The van der Waals surface area contributed by atoms with Gasteiger partial charge < -0.3 is 4.42 Å². The largest absolute Gasteiger partial charge is 0.463 e. The minimum absolute atomic E-state index is 0.140. The Morgan fingerprint density at radius 3 is 3.00 bits per heavy atom. The fourth-order valence-corrected chi connectivity index (χ4v) is 3.65. The van der Waals surface area contributed by atoms with Gasteiger partial charge in [0.2, 0.25) is 0 Å². The van der Waals surface area contributed by atoms with Crippen molar-refractivity contribution in [1.29, 1.82) is 0 Å². The standard InChI is InChI=1S/C16H18N2O2S/c1-11(13-7-5-9-20-13)17-18-16(19)15-10-12-6-3-2-4-8-14(12)21-15/h5,7,9-10H,2-4,6,8H2,1H3,(H,18,19)/b17-11-. The van der Waals surface area contributed by atoms with E-state index in [2.05, 4.69) is 10.5 Å². The molecule has 0 radical (unpaired) electrons. The van der Waals surface area contributed by atoms with Crippen LogP contribution >= 0.6 is 11.3 Å². The van der Waals surface area contributed by atoms with Crippen LogP contribution in [0.25, 0.3) is 0 Å². The molecular formula is C16H18N2O2S. The number of hydrogen-bond donors (Lipinski definition) is 1. The Hall–Kier alpha value is -1.88. The molecule has 0 aromatic carbocycles. The maximum absolute atomic E-state index is 12.2. The van der Waals surface area contributed by atoms with Crippen LogP contribution in [-0.4, -0.2) is 11.6 Å². The van der Waals surface area contributed by atoms with Crippen molar-refractivity contribution in [3.8, 4) is 0 Å². The summed E-state index contributed by atoms with van der Waals surface area (Å²) < 4.78 is 5.23. The first-order chi connectivity index (χ1) is 10.2. The number of aryl methyl sites for hydroxylation is 2. The quantitative estimate of drug-likeness (QED) is 0.533. The number of nitrogens with one attached hydrogen (secondary N) is 1. The smallest absolute Gasteiger partial charge is 0.281 e. The van der Waals surface area contributed by atoms with Gasteiger partial charge in [0, 0.05) is 4.88 Å². The van der Waals surface area contributed by atoms with Gasteiger partial charge in [0.25, 0.3) is 5.91 Å². The van der Waals surface area contributed by atoms with Crippen molar-refractivity contribution in [3.63, 3.8) is 0 Å². The third-order valence-corrected chi connectivity index (χ3v) is 4.91. The molecule has 110 valence electrons. The molecule has 1 amide bonds. The number of furan rings is 1. The van der Waals surface area contributed by atoms with Crippen LogP contribution in [0.5, 0.6) is 0 Å². The Balaban J connectivity index is 1.70. The number of thiophene rings is 1. The molecule has 0 spiro atoms. The molecule has 0 saturated heterocycles. The monoisotopic (exact) mass is 302 g/mol. The SMILES string of the molecule is C/C(=N/NC(=O)c1cc2c(s1)CCCCC2)c1ccco1. The summed E-state index contributed by atoms with van der Waals surface area (Å²) >= 11 is 1.60. The Kier molecular flexibility index (Phi) is 4.20. The highest BCUT2D eigenvalue weighted by atomic mass is 32.1. The molecule has 0 saturated carbocycles. The second-order valence-electron chi connectivity index (χ2n) is 5.24. The highest BCUT2D eigenvalue weighted by Gasteiger charge is 2.16. The van der Waals surface area contributed by atoms with Crippen LogP contribution in [-0.2, 0) is 12.8 Å². The molecule has 0 aliphatic heterocycles. The molecule has 2 aromatic rings. The van der Waals surface area contributed by atoms with Crippen molar-refractivity contribution in [2.45, 2.75) is 39.0 Å². The molecule has 2 aromatic heterocycles. The van der Waals surface area contributed by atoms with Crippen LogP contribution < -0.4 is 5.43 Å². The van der Waals surface area contributed by atoms with Gasteiger partial charge in [0.1, 0.15) is 11.5 Å². The van der Waals surface area contributed by atoms with E-state index in [0.29, 0.717) is 11.5 Å². The van der Waals surface area contributed by atoms with Gasteiger partial charge in [-0.05, 0) is 56.4 Å². The zero-order valence-electron chi connectivity index (χ0n) is 12.0. The first-order valence-corrected chi connectivity index (χ1v) is 8.06. The third-order valence-electron chi connectivity index (χ3n) is 3.67. The lowest BCUT2D eigenvalue weighted by molar-refractivity contribution is 0.0959. The number of rotatable bonds is 3. The molecule has 4 nitrogen and oxygen atoms in total. The minimum Gasteiger partial charge on any atom is -0.463 e. The number of hydrogen-bond acceptors (Lipinski definition) is 4. The summed E-state index contributed by atoms with van der Waals surface area (Å²) in [6.07, 6.45) is 7.52. The number of hydrazone groups is 1. The topological polar surface area (TPSA) is 54.6 Å². The molecule has 1 aliphatic rings. The van der Waals surface area contributed by atoms with Crippen LogP contribution in [0.2, 0.25) is 0 Å². The molecular weight excluding hydrogens is 284 g/mol. The summed E-state index contributed by atoms with van der Waals surface area (Å²) in [5.74, 6) is 0.524. The van der Waals surface area contributed by atoms with Crippen molar-refractivity contribution in [2.75, 3.05) is 0 Å². The third kappa shape index (κ3) is 3.24. The number of carbonyl (C=O) groups is 1. The minimum atomic E-state index is -0.140. The molecule has 0 unspecified atom stereocenters. The lowest BCUT2D eigenvalue weighted by Gasteiger charge is -1.99. The zero-order valence-corrected chi connectivity index (χ0v) is 12.8. The summed E-state index contributed by atoms with van der Waals surface area (Å²) in [4.78, 5) is 14.3. The van der Waals surface area contributed by atoms with E-state index in [4.69, 9.17) is 4.42 Å². The Bertz CT molecular complexity index is 632. The Morgan fingerprint density at radius 1 is 1.33 bits per heavy atom. The van der Waals surface area contributed by atoms with Gasteiger partial charge in [-0.3, -0.25) is 4.79 Å². The van der Waals surface area contributed by atoms with Crippen LogP contribution in [0.3, 0.4) is 0 Å². The second-order valence-corrected chi connectivity index (χ2v) is 6.37. The van der Waals surface area contributed by atoms with E-state index in [-0.39, 0.29) is 5.91 Å². The Morgan fingerprint density at radius 2 is 2.19 bits per heavy atom. The first-order valence-electron chi connectivity index (χ1n) is 7.24. The van der Waals surface area contributed by atoms with Crippen LogP contribution in [0.15, 0.2) is 34.0 Å². The zero-order chi connectivity index (χ0) is 14.7. The van der Waals surface area contributed by atoms with Crippen LogP contribution in [0, 0.1) is 0 Å². The van der Waals surface area contributed by atoms with Crippen LogP contribution in [0.4, 0.5) is 0 Å². The van der Waals surface area contributed by atoms with Gasteiger partial charge in [-0.25, -0.2) is 5.43 Å². The molecule has 21 heavy (non-hydrogen) atoms. The maximum Gasteiger partial charge on any atom is 0.281 e. The van der Waals surface area contributed by atoms with E-state index >= 15 is 0 Å². The highest BCUT2D eigenvalue weighted by Crippen LogP contribution is 2.28. The van der Waals surface area contributed by atoms with Gasteiger partial charge in [-0.1, -0.05) is 6.42 Å². The highest BCUT2D eigenvalue weighted by molar-refractivity contribution is 7.14. The van der Waals surface area contributed by atoms with E-state index in [1.807, 2.05) is 19.1 Å². The van der Waals surface area contributed by atoms with Crippen molar-refractivity contribution >= 4 is 23.0 Å². The molecule has 1 aliphatic carbocycles. The maximum atomic E-state index is 12.2. The fourth-order valence-electron chi connectivity index (χ4n) is 2.51. The van der Waals surface area contributed by atoms with Crippen LogP contribution in [0.1, 0.15) is 52.1 Å². The number of carbonyl (C=O) groups excluding carboxylic acids is 1. The van der Waals surface area contributed by atoms with Gasteiger partial charge in [0.05, 0.1) is 11.1 Å². The van der Waals surface area contributed by atoms with Gasteiger partial charge in [-0.15, -0.1) is 11.3 Å². The fraction of sp³-hybridized carbons (Fsp3) is 0.375. The predicted molar refractivity (Wildman–Crippen MR) is 84.0 cm³/mol. The van der Waals surface area contributed by atoms with Crippen molar-refractivity contribution in [2.24, 2.45) is 5.10 Å². The molecule has 3 rings (SSSR count). The van der Waals surface area contributed by atoms with Crippen molar-refractivity contribution in [1.82, 2.24) is 5.43 Å². The second kappa shape index (κ2) is 6.26. The molecule has 5 heteroatoms. The van der Waals surface area contributed by atoms with Crippen molar-refractivity contribution < 1.29 is 9.21 Å². The van der Waals surface area contributed by atoms with Gasteiger partial charge in [-0.2, -0.15) is 5.10 Å². The summed E-state index contributed by atoms with van der Waals surface area (Å²) in [5.41, 5.74) is 4.61. The van der Waals surface area contributed by atoms with Gasteiger partial charge >= 0.3 is 0 Å². The first kappa shape index (κ1) is 14.1. The summed E-state index contributed by atoms with van der Waals surface area (Å²) in [7, 11) is 0. The van der Waals surface area contributed by atoms with E-state index < -0.39 is 0 Å². The number of amides is 1. The van der Waals surface area contributed by atoms with Crippen molar-refractivity contribution in [3.05, 3.63) is 45.5 Å². The number of fused-ring (bicyclic) bond motifs is 1. The lowest BCUT2D eigenvalue weighted by Crippen LogP contribution is -2.18. The van der Waals surface area contributed by atoms with Gasteiger partial charge in [0.15, 0.2) is 0 Å². The summed E-state index contributed by atoms with van der Waals surface area (Å²) in [6, 6.07) is 5.64. The molecule has 0 atom stereocenters. The molecule has 0 bridgehead atoms. The average Bonchev–Trinajstić information content (AvgIpc) is 3.11. The predicted octanol–water partition coefficient (Wildman–Crippen LogP) is 3.76. The molecule has 2 heterocycles. The van der Waals surface area contributed by atoms with E-state index in [0.717, 1.165) is 17.7 Å². The lowest BCUT2D eigenvalue weighted by atomic mass is 10.1. The Labute approximate surface area is 127 Å². The summed E-state index contributed by atoms with van der Waals surface area (Å²) in [5, 5.41) is 4.10. The van der Waals surface area contributed by atoms with E-state index in [1.165, 1.54) is 29.7 Å².